The Morgan fingerprint density at radius 2 is 0.859 bits per heavy atom. The molecular weight excluding hydrogens is 989 g/mol. The normalized spacial score (nSPS) is 23.6. The van der Waals surface area contributed by atoms with Crippen molar-refractivity contribution in [1.82, 2.24) is 0 Å². The van der Waals surface area contributed by atoms with Crippen LogP contribution in [-0.4, -0.2) is 94.3 Å². The van der Waals surface area contributed by atoms with Crippen LogP contribution in [0, 0.1) is 0 Å². The zero-order valence-electron chi connectivity index (χ0n) is 44.3. The molecular formula is C65H70O13. The molecule has 0 spiro atoms. The monoisotopic (exact) mass is 1060 g/mol. The zero-order valence-corrected chi connectivity index (χ0v) is 44.3. The van der Waals surface area contributed by atoms with E-state index >= 15 is 0 Å². The summed E-state index contributed by atoms with van der Waals surface area (Å²) < 4.78 is 80.8. The van der Waals surface area contributed by atoms with Gasteiger partial charge in [0.2, 0.25) is 0 Å². The maximum atomic E-state index is 14.9. The first-order valence-electron chi connectivity index (χ1n) is 26.6. The molecule has 0 aromatic heterocycles. The summed E-state index contributed by atoms with van der Waals surface area (Å²) in [6, 6.07) is 69.1. The van der Waals surface area contributed by atoms with Gasteiger partial charge in [-0.25, -0.2) is 4.79 Å². The summed E-state index contributed by atoms with van der Waals surface area (Å²) >= 11 is 0. The molecule has 13 nitrogen and oxygen atoms in total. The van der Waals surface area contributed by atoms with E-state index in [0.717, 1.165) is 38.9 Å². The highest BCUT2D eigenvalue weighted by atomic mass is 16.8. The van der Waals surface area contributed by atoms with Gasteiger partial charge in [0.05, 0.1) is 72.7 Å². The molecule has 2 aliphatic rings. The summed E-state index contributed by atoms with van der Waals surface area (Å²) in [7, 11) is 2.87. The van der Waals surface area contributed by atoms with Gasteiger partial charge in [-0.3, -0.25) is 0 Å². The van der Waals surface area contributed by atoms with E-state index in [1.165, 1.54) is 7.11 Å². The molecule has 0 bridgehead atoms. The van der Waals surface area contributed by atoms with E-state index in [4.69, 9.17) is 56.8 Å². The van der Waals surface area contributed by atoms with E-state index in [0.29, 0.717) is 0 Å². The second kappa shape index (κ2) is 29.5. The molecule has 2 saturated heterocycles. The lowest BCUT2D eigenvalue weighted by atomic mass is 9.91. The van der Waals surface area contributed by atoms with Crippen molar-refractivity contribution >= 4 is 5.97 Å². The Morgan fingerprint density at radius 1 is 0.474 bits per heavy atom. The fraction of sp³-hybridized carbons (Fsp3) is 0.338. The van der Waals surface area contributed by atoms with Gasteiger partial charge in [-0.1, -0.05) is 212 Å². The van der Waals surface area contributed by atoms with Crippen LogP contribution in [0.25, 0.3) is 0 Å². The summed E-state index contributed by atoms with van der Waals surface area (Å²) in [6.07, 6.45) is -8.05. The van der Waals surface area contributed by atoms with E-state index < -0.39 is 66.9 Å². The molecule has 408 valence electrons. The Morgan fingerprint density at radius 3 is 1.29 bits per heavy atom. The molecule has 0 aliphatic carbocycles. The second-order valence-electron chi connectivity index (χ2n) is 19.3. The zero-order chi connectivity index (χ0) is 53.6. The van der Waals surface area contributed by atoms with Crippen LogP contribution < -0.4 is 0 Å². The number of methoxy groups -OCH3 is 2. The molecule has 78 heavy (non-hydrogen) atoms. The van der Waals surface area contributed by atoms with Crippen molar-refractivity contribution in [3.05, 3.63) is 251 Å². The van der Waals surface area contributed by atoms with Crippen LogP contribution in [0.4, 0.5) is 0 Å². The largest absolute Gasteiger partial charge is 0.465 e. The molecule has 2 heterocycles. The third-order valence-corrected chi connectivity index (χ3v) is 13.8. The minimum atomic E-state index is -2.13. The smallest absolute Gasteiger partial charge is 0.366 e. The van der Waals surface area contributed by atoms with Gasteiger partial charge in [-0.2, -0.15) is 0 Å². The van der Waals surface area contributed by atoms with Gasteiger partial charge < -0.3 is 56.8 Å². The van der Waals surface area contributed by atoms with Gasteiger partial charge in [0.1, 0.15) is 42.7 Å². The first-order valence-corrected chi connectivity index (χ1v) is 26.6. The Hall–Kier alpha value is -6.43. The summed E-state index contributed by atoms with van der Waals surface area (Å²) in [6.45, 7) is 1.31. The minimum Gasteiger partial charge on any atom is -0.465 e. The molecule has 0 unspecified atom stereocenters. The van der Waals surface area contributed by atoms with Gasteiger partial charge in [-0.05, 0) is 38.9 Å². The topological polar surface area (TPSA) is 128 Å². The molecule has 13 heteroatoms. The van der Waals surface area contributed by atoms with E-state index in [-0.39, 0.29) is 65.9 Å². The number of esters is 1. The lowest BCUT2D eigenvalue weighted by molar-refractivity contribution is -0.359. The quantitative estimate of drug-likeness (QED) is 0.0432. The van der Waals surface area contributed by atoms with Crippen molar-refractivity contribution in [3.8, 4) is 0 Å². The second-order valence-corrected chi connectivity index (χ2v) is 19.3. The fourth-order valence-corrected chi connectivity index (χ4v) is 9.72. The standard InChI is InChI=1S/C65H70O13/c1-67-63-62(75-45-54-36-22-9-23-37-54)61(74-44-53-34-20-8-21-35-53)59(73-43-52-32-18-7-19-33-52)57(77-63)47-76-65(64(66)68-2)38-55(70-40-49-26-12-4-13-27-49)58(72-42-51-30-16-6-17-31-51)60(78-65)56(71-41-50-28-14-5-15-29-50)46-69-39-48-24-10-3-11-25-48/h3-37,55-63H,38-47H2,1-2H3/t55-,56-,57-,58-,59-,60-,61+,62-,63+,65-/m1/s1. The van der Waals surface area contributed by atoms with Crippen molar-refractivity contribution < 1.29 is 61.6 Å². The van der Waals surface area contributed by atoms with Crippen molar-refractivity contribution in [2.24, 2.45) is 0 Å². The summed E-state index contributed by atoms with van der Waals surface area (Å²) in [5, 5.41) is 0. The molecule has 10 atom stereocenters. The Kier molecular flexibility index (Phi) is 21.3. The Balaban J connectivity index is 1.09. The van der Waals surface area contributed by atoms with Gasteiger partial charge in [0, 0.05) is 13.5 Å². The fourth-order valence-electron chi connectivity index (χ4n) is 9.72. The van der Waals surface area contributed by atoms with Crippen LogP contribution >= 0.6 is 0 Å². The van der Waals surface area contributed by atoms with Crippen LogP contribution in [0.5, 0.6) is 0 Å². The Labute approximate surface area is 458 Å². The van der Waals surface area contributed by atoms with Gasteiger partial charge in [-0.15, -0.1) is 0 Å². The predicted molar refractivity (Wildman–Crippen MR) is 292 cm³/mol. The SMILES string of the molecule is COC(=O)[C@@]1(OC[C@H]2O[C@H](OC)[C@H](OCc3ccccc3)[C@@H](OCc3ccccc3)[C@@H]2OCc2ccccc2)C[C@@H](OCc2ccccc2)[C@@H](OCc2ccccc2)[C@@H]([C@@H](COCc2ccccc2)OCc2ccccc2)O1. The molecule has 0 saturated carbocycles. The van der Waals surface area contributed by atoms with E-state index in [1.807, 2.05) is 212 Å². The molecule has 7 aromatic rings. The summed E-state index contributed by atoms with van der Waals surface area (Å²) in [5.74, 6) is -2.92. The highest BCUT2D eigenvalue weighted by Gasteiger charge is 2.58. The molecule has 9 rings (SSSR count). The van der Waals surface area contributed by atoms with Gasteiger partial charge in [0.15, 0.2) is 6.29 Å². The van der Waals surface area contributed by atoms with Gasteiger partial charge >= 0.3 is 5.97 Å². The molecule has 0 amide bonds. The van der Waals surface area contributed by atoms with Crippen molar-refractivity contribution in [2.75, 3.05) is 27.4 Å². The Bertz CT molecular complexity index is 2760. The van der Waals surface area contributed by atoms with Crippen molar-refractivity contribution in [1.29, 1.82) is 0 Å². The van der Waals surface area contributed by atoms with E-state index in [1.54, 1.807) is 7.11 Å². The molecule has 0 radical (unpaired) electrons. The molecule has 2 aliphatic heterocycles. The molecule has 2 fully saturated rings. The van der Waals surface area contributed by atoms with Crippen LogP contribution in [-0.2, 0) is 108 Å². The minimum absolute atomic E-state index is 0.0434. The lowest BCUT2D eigenvalue weighted by Crippen LogP contribution is -2.66. The van der Waals surface area contributed by atoms with E-state index in [2.05, 4.69) is 0 Å². The van der Waals surface area contributed by atoms with Crippen molar-refractivity contribution in [2.45, 2.75) is 114 Å². The van der Waals surface area contributed by atoms with Crippen LogP contribution in [0.3, 0.4) is 0 Å². The van der Waals surface area contributed by atoms with Gasteiger partial charge in [0.25, 0.3) is 5.79 Å². The maximum absolute atomic E-state index is 14.9. The van der Waals surface area contributed by atoms with E-state index in [9.17, 15) is 4.79 Å². The number of carbonyl (C=O) groups excluding carboxylic acids is 1. The maximum Gasteiger partial charge on any atom is 0.366 e. The van der Waals surface area contributed by atoms with Crippen LogP contribution in [0.1, 0.15) is 45.4 Å². The number of hydrogen-bond acceptors (Lipinski definition) is 13. The summed E-state index contributed by atoms with van der Waals surface area (Å²) in [4.78, 5) is 14.9. The highest BCUT2D eigenvalue weighted by Crippen LogP contribution is 2.40. The predicted octanol–water partition coefficient (Wildman–Crippen LogP) is 10.8. The number of carbonyl (C=O) groups is 1. The van der Waals surface area contributed by atoms with Crippen LogP contribution in [0.2, 0.25) is 0 Å². The average molecular weight is 1060 g/mol. The van der Waals surface area contributed by atoms with Crippen LogP contribution in [0.15, 0.2) is 212 Å². The lowest BCUT2D eigenvalue weighted by Gasteiger charge is -2.49. The summed E-state index contributed by atoms with van der Waals surface area (Å²) in [5.41, 5.74) is 6.58. The van der Waals surface area contributed by atoms with Crippen molar-refractivity contribution in [3.63, 3.8) is 0 Å². The first-order chi connectivity index (χ1) is 38.5. The highest BCUT2D eigenvalue weighted by molar-refractivity contribution is 5.78. The number of rotatable bonds is 28. The third kappa shape index (κ3) is 15.9. The first kappa shape index (κ1) is 56.3. The number of hydrogen-bond donors (Lipinski definition) is 0. The third-order valence-electron chi connectivity index (χ3n) is 13.8. The number of benzene rings is 7. The number of ether oxygens (including phenoxy) is 12. The molecule has 0 N–H and O–H groups in total. The molecule has 7 aromatic carbocycles. The average Bonchev–Trinajstić information content (AvgIpc) is 3.63.